The van der Waals surface area contributed by atoms with Crippen LogP contribution in [0.15, 0.2) is 42.5 Å². The lowest BCUT2D eigenvalue weighted by atomic mass is 10.1. The van der Waals surface area contributed by atoms with E-state index in [1.807, 2.05) is 6.07 Å². The first-order valence-corrected chi connectivity index (χ1v) is 6.42. The van der Waals surface area contributed by atoms with Crippen molar-refractivity contribution in [2.45, 2.75) is 0 Å². The molecule has 0 radical (unpaired) electrons. The van der Waals surface area contributed by atoms with Crippen molar-refractivity contribution in [2.75, 3.05) is 0 Å². The van der Waals surface area contributed by atoms with Crippen LogP contribution in [0, 0.1) is 5.82 Å². The van der Waals surface area contributed by atoms with Gasteiger partial charge < -0.3 is 5.73 Å². The van der Waals surface area contributed by atoms with Gasteiger partial charge >= 0.3 is 0 Å². The second-order valence-corrected chi connectivity index (χ2v) is 5.07. The van der Waals surface area contributed by atoms with Gasteiger partial charge in [0, 0.05) is 11.1 Å². The zero-order valence-corrected chi connectivity index (χ0v) is 10.6. The SMILES string of the molecule is NC(=O)c1ccccc1-c1nc2ccc(F)cc2s1. The van der Waals surface area contributed by atoms with Gasteiger partial charge in [0.1, 0.15) is 10.8 Å². The van der Waals surface area contributed by atoms with E-state index in [0.29, 0.717) is 21.7 Å². The van der Waals surface area contributed by atoms with Gasteiger partial charge in [-0.05, 0) is 24.3 Å². The molecule has 1 amide bonds. The molecule has 0 fully saturated rings. The Hall–Kier alpha value is -2.27. The van der Waals surface area contributed by atoms with Crippen molar-refractivity contribution in [1.29, 1.82) is 0 Å². The van der Waals surface area contributed by atoms with Gasteiger partial charge in [0.15, 0.2) is 0 Å². The highest BCUT2D eigenvalue weighted by Gasteiger charge is 2.13. The Labute approximate surface area is 112 Å². The zero-order chi connectivity index (χ0) is 13.4. The number of amides is 1. The normalized spacial score (nSPS) is 10.8. The van der Waals surface area contributed by atoms with Crippen LogP contribution in [0.5, 0.6) is 0 Å². The maximum Gasteiger partial charge on any atom is 0.249 e. The number of nitrogens with two attached hydrogens (primary N) is 1. The molecule has 0 atom stereocenters. The maximum atomic E-state index is 13.2. The third-order valence-corrected chi connectivity index (χ3v) is 3.82. The van der Waals surface area contributed by atoms with Crippen LogP contribution in [0.3, 0.4) is 0 Å². The fourth-order valence-electron chi connectivity index (χ4n) is 1.90. The second kappa shape index (κ2) is 4.44. The molecular weight excluding hydrogens is 263 g/mol. The van der Waals surface area contributed by atoms with E-state index in [9.17, 15) is 9.18 Å². The van der Waals surface area contributed by atoms with E-state index >= 15 is 0 Å². The fourth-order valence-corrected chi connectivity index (χ4v) is 2.93. The number of carbonyl (C=O) groups excluding carboxylic acids is 1. The second-order valence-electron chi connectivity index (χ2n) is 4.04. The van der Waals surface area contributed by atoms with E-state index in [-0.39, 0.29) is 5.82 Å². The Kier molecular flexibility index (Phi) is 2.76. The van der Waals surface area contributed by atoms with Gasteiger partial charge in [0.25, 0.3) is 0 Å². The standard InChI is InChI=1S/C14H9FN2OS/c15-8-5-6-11-12(7-8)19-14(17-11)10-4-2-1-3-9(10)13(16)18/h1-7H,(H2,16,18). The summed E-state index contributed by atoms with van der Waals surface area (Å²) in [5.74, 6) is -0.799. The first-order valence-electron chi connectivity index (χ1n) is 5.60. The van der Waals surface area contributed by atoms with Crippen molar-refractivity contribution in [3.05, 3.63) is 53.8 Å². The van der Waals surface area contributed by atoms with Crippen LogP contribution < -0.4 is 5.73 Å². The third kappa shape index (κ3) is 2.08. The van der Waals surface area contributed by atoms with Gasteiger partial charge in [-0.25, -0.2) is 9.37 Å². The lowest BCUT2D eigenvalue weighted by Crippen LogP contribution is -2.12. The van der Waals surface area contributed by atoms with Gasteiger partial charge in [-0.15, -0.1) is 11.3 Å². The molecule has 3 nitrogen and oxygen atoms in total. The molecule has 94 valence electrons. The van der Waals surface area contributed by atoms with E-state index < -0.39 is 5.91 Å². The predicted molar refractivity (Wildman–Crippen MR) is 73.5 cm³/mol. The molecule has 3 aromatic rings. The zero-order valence-electron chi connectivity index (χ0n) is 9.76. The van der Waals surface area contributed by atoms with Gasteiger partial charge in [-0.2, -0.15) is 0 Å². The molecule has 0 unspecified atom stereocenters. The van der Waals surface area contributed by atoms with Crippen LogP contribution in [0.1, 0.15) is 10.4 Å². The third-order valence-electron chi connectivity index (χ3n) is 2.77. The first-order chi connectivity index (χ1) is 9.15. The summed E-state index contributed by atoms with van der Waals surface area (Å²) in [6, 6.07) is 11.4. The highest BCUT2D eigenvalue weighted by molar-refractivity contribution is 7.21. The molecule has 5 heteroatoms. The van der Waals surface area contributed by atoms with E-state index in [1.54, 1.807) is 24.3 Å². The minimum absolute atomic E-state index is 0.300. The quantitative estimate of drug-likeness (QED) is 0.778. The Bertz CT molecular complexity index is 782. The number of fused-ring (bicyclic) bond motifs is 1. The van der Waals surface area contributed by atoms with E-state index in [2.05, 4.69) is 4.98 Å². The summed E-state index contributed by atoms with van der Waals surface area (Å²) in [4.78, 5) is 15.8. The smallest absolute Gasteiger partial charge is 0.249 e. The minimum Gasteiger partial charge on any atom is -0.366 e. The van der Waals surface area contributed by atoms with E-state index in [1.165, 1.54) is 23.5 Å². The molecule has 0 aliphatic carbocycles. The number of hydrogen-bond acceptors (Lipinski definition) is 3. The van der Waals surface area contributed by atoms with E-state index in [0.717, 1.165) is 4.70 Å². The molecule has 2 N–H and O–H groups in total. The molecule has 0 saturated carbocycles. The molecule has 0 spiro atoms. The molecule has 1 heterocycles. The van der Waals surface area contributed by atoms with Gasteiger partial charge in [-0.3, -0.25) is 4.79 Å². The lowest BCUT2D eigenvalue weighted by molar-refractivity contribution is 0.100. The maximum absolute atomic E-state index is 13.2. The summed E-state index contributed by atoms with van der Waals surface area (Å²) >= 11 is 1.34. The Balaban J connectivity index is 2.22. The molecule has 0 aliphatic heterocycles. The summed E-state index contributed by atoms with van der Waals surface area (Å²) in [5, 5.41) is 0.662. The van der Waals surface area contributed by atoms with Crippen molar-refractivity contribution in [2.24, 2.45) is 5.73 Å². The number of nitrogens with zero attached hydrogens (tertiary/aromatic N) is 1. The molecule has 19 heavy (non-hydrogen) atoms. The Morgan fingerprint density at radius 3 is 2.79 bits per heavy atom. The largest absolute Gasteiger partial charge is 0.366 e. The van der Waals surface area contributed by atoms with E-state index in [4.69, 9.17) is 5.73 Å². The van der Waals surface area contributed by atoms with Crippen molar-refractivity contribution in [3.8, 4) is 10.6 Å². The molecule has 3 rings (SSSR count). The number of hydrogen-bond donors (Lipinski definition) is 1. The predicted octanol–water partition coefficient (Wildman–Crippen LogP) is 3.20. The number of thiazole rings is 1. The average Bonchev–Trinajstić information content (AvgIpc) is 2.81. The number of aromatic nitrogens is 1. The average molecular weight is 272 g/mol. The minimum atomic E-state index is -0.499. The summed E-state index contributed by atoms with van der Waals surface area (Å²) < 4.78 is 13.9. The van der Waals surface area contributed by atoms with Crippen LogP contribution in [0.4, 0.5) is 4.39 Å². The summed E-state index contributed by atoms with van der Waals surface area (Å²) in [6.07, 6.45) is 0. The van der Waals surface area contributed by atoms with Gasteiger partial charge in [0.05, 0.1) is 10.2 Å². The lowest BCUT2D eigenvalue weighted by Gasteiger charge is -2.01. The van der Waals surface area contributed by atoms with Gasteiger partial charge in [-0.1, -0.05) is 18.2 Å². The van der Waals surface area contributed by atoms with Crippen molar-refractivity contribution in [1.82, 2.24) is 4.98 Å². The molecule has 0 saturated heterocycles. The fraction of sp³-hybridized carbons (Fsp3) is 0. The van der Waals surface area contributed by atoms with Crippen LogP contribution in [0.2, 0.25) is 0 Å². The molecule has 2 aromatic carbocycles. The van der Waals surface area contributed by atoms with Crippen LogP contribution in [0.25, 0.3) is 20.8 Å². The highest BCUT2D eigenvalue weighted by Crippen LogP contribution is 2.32. The van der Waals surface area contributed by atoms with Crippen molar-refractivity contribution < 1.29 is 9.18 Å². The Morgan fingerprint density at radius 1 is 1.21 bits per heavy atom. The number of benzene rings is 2. The monoisotopic (exact) mass is 272 g/mol. The molecule has 0 bridgehead atoms. The highest BCUT2D eigenvalue weighted by atomic mass is 32.1. The van der Waals surface area contributed by atoms with Gasteiger partial charge in [0.2, 0.25) is 5.91 Å². The number of halogens is 1. The van der Waals surface area contributed by atoms with Crippen LogP contribution >= 0.6 is 11.3 Å². The van der Waals surface area contributed by atoms with Crippen molar-refractivity contribution >= 4 is 27.5 Å². The summed E-state index contributed by atoms with van der Waals surface area (Å²) in [5.41, 5.74) is 7.15. The molecule has 1 aromatic heterocycles. The topological polar surface area (TPSA) is 56.0 Å². The first kappa shape index (κ1) is 11.8. The van der Waals surface area contributed by atoms with Crippen LogP contribution in [-0.2, 0) is 0 Å². The Morgan fingerprint density at radius 2 is 2.00 bits per heavy atom. The van der Waals surface area contributed by atoms with Crippen molar-refractivity contribution in [3.63, 3.8) is 0 Å². The summed E-state index contributed by atoms with van der Waals surface area (Å²) in [7, 11) is 0. The number of carbonyl (C=O) groups is 1. The molecular formula is C14H9FN2OS. The molecule has 0 aliphatic rings. The van der Waals surface area contributed by atoms with Crippen LogP contribution in [-0.4, -0.2) is 10.9 Å². The number of primary amides is 1. The number of rotatable bonds is 2. The summed E-state index contributed by atoms with van der Waals surface area (Å²) in [6.45, 7) is 0.